The van der Waals surface area contributed by atoms with Gasteiger partial charge in [0, 0.05) is 31.4 Å². The quantitative estimate of drug-likeness (QED) is 0.916. The lowest BCUT2D eigenvalue weighted by molar-refractivity contribution is 0.475. The minimum Gasteiger partial charge on any atom is -0.506 e. The zero-order valence-corrected chi connectivity index (χ0v) is 12.2. The zero-order chi connectivity index (χ0) is 14.2. The van der Waals surface area contributed by atoms with Crippen molar-refractivity contribution < 1.29 is 5.11 Å². The van der Waals surface area contributed by atoms with E-state index in [1.54, 1.807) is 18.3 Å². The fraction of sp³-hybridized carbons (Fsp3) is 0.286. The van der Waals surface area contributed by atoms with Crippen molar-refractivity contribution in [2.45, 2.75) is 13.8 Å². The molecule has 0 saturated carbocycles. The smallest absolute Gasteiger partial charge is 0.161 e. The Kier molecular flexibility index (Phi) is 3.62. The SMILES string of the molecule is Cc1cc(O)c(Cl)cc1-c1ncc(C)c(N(C)C)n1. The normalized spacial score (nSPS) is 10.6. The van der Waals surface area contributed by atoms with Crippen LogP contribution < -0.4 is 4.90 Å². The predicted molar refractivity (Wildman–Crippen MR) is 77.9 cm³/mol. The van der Waals surface area contributed by atoms with Crippen molar-refractivity contribution in [2.24, 2.45) is 0 Å². The molecule has 1 heterocycles. The molecular weight excluding hydrogens is 262 g/mol. The van der Waals surface area contributed by atoms with E-state index in [-0.39, 0.29) is 5.75 Å². The standard InChI is InChI=1S/C14H16ClN3O/c1-8-5-12(19)11(15)6-10(8)13-16-7-9(2)14(17-13)18(3)4/h5-7,19H,1-4H3. The number of benzene rings is 1. The number of anilines is 1. The Morgan fingerprint density at radius 2 is 1.84 bits per heavy atom. The van der Waals surface area contributed by atoms with Gasteiger partial charge in [0.25, 0.3) is 0 Å². The molecule has 2 rings (SSSR count). The fourth-order valence-corrected chi connectivity index (χ4v) is 2.09. The van der Waals surface area contributed by atoms with E-state index in [4.69, 9.17) is 11.6 Å². The topological polar surface area (TPSA) is 49.3 Å². The van der Waals surface area contributed by atoms with Crippen molar-refractivity contribution in [1.29, 1.82) is 0 Å². The van der Waals surface area contributed by atoms with Crippen LogP contribution in [0.1, 0.15) is 11.1 Å². The van der Waals surface area contributed by atoms with Gasteiger partial charge in [-0.3, -0.25) is 0 Å². The van der Waals surface area contributed by atoms with Crippen LogP contribution in [-0.2, 0) is 0 Å². The molecule has 4 nitrogen and oxygen atoms in total. The minimum absolute atomic E-state index is 0.0721. The molecule has 100 valence electrons. The molecule has 0 fully saturated rings. The molecule has 0 amide bonds. The highest BCUT2D eigenvalue weighted by Gasteiger charge is 2.12. The van der Waals surface area contributed by atoms with Gasteiger partial charge < -0.3 is 10.0 Å². The van der Waals surface area contributed by atoms with Crippen LogP contribution in [0.5, 0.6) is 5.75 Å². The Bertz CT molecular complexity index is 626. The van der Waals surface area contributed by atoms with E-state index in [0.29, 0.717) is 10.8 Å². The van der Waals surface area contributed by atoms with Crippen LogP contribution >= 0.6 is 11.6 Å². The van der Waals surface area contributed by atoms with Gasteiger partial charge in [0.1, 0.15) is 11.6 Å². The third-order valence-electron chi connectivity index (χ3n) is 2.90. The maximum atomic E-state index is 9.58. The number of rotatable bonds is 2. The second-order valence-electron chi connectivity index (χ2n) is 4.71. The second-order valence-corrected chi connectivity index (χ2v) is 5.12. The summed E-state index contributed by atoms with van der Waals surface area (Å²) < 4.78 is 0. The van der Waals surface area contributed by atoms with Crippen molar-refractivity contribution in [3.8, 4) is 17.1 Å². The predicted octanol–water partition coefficient (Wildman–Crippen LogP) is 3.19. The summed E-state index contributed by atoms with van der Waals surface area (Å²) in [7, 11) is 3.88. The van der Waals surface area contributed by atoms with Crippen LogP contribution in [0.3, 0.4) is 0 Å². The maximum Gasteiger partial charge on any atom is 0.161 e. The molecule has 5 heteroatoms. The number of aromatic nitrogens is 2. The molecule has 0 aliphatic heterocycles. The summed E-state index contributed by atoms with van der Waals surface area (Å²) >= 11 is 5.95. The summed E-state index contributed by atoms with van der Waals surface area (Å²) in [5, 5.41) is 9.88. The van der Waals surface area contributed by atoms with E-state index in [0.717, 1.165) is 22.5 Å². The number of nitrogens with zero attached hydrogens (tertiary/aromatic N) is 3. The molecule has 1 aromatic heterocycles. The van der Waals surface area contributed by atoms with Gasteiger partial charge in [-0.25, -0.2) is 9.97 Å². The lowest BCUT2D eigenvalue weighted by atomic mass is 10.1. The number of aryl methyl sites for hydroxylation is 2. The molecule has 1 aromatic carbocycles. The highest BCUT2D eigenvalue weighted by Crippen LogP contribution is 2.32. The van der Waals surface area contributed by atoms with Crippen LogP contribution in [0.2, 0.25) is 5.02 Å². The summed E-state index contributed by atoms with van der Waals surface area (Å²) in [5.74, 6) is 1.55. The van der Waals surface area contributed by atoms with Gasteiger partial charge in [0.15, 0.2) is 5.82 Å². The molecule has 0 spiro atoms. The van der Waals surface area contributed by atoms with Gasteiger partial charge in [-0.1, -0.05) is 11.6 Å². The first-order chi connectivity index (χ1) is 8.90. The monoisotopic (exact) mass is 277 g/mol. The van der Waals surface area contributed by atoms with Gasteiger partial charge in [0.2, 0.25) is 0 Å². The van der Waals surface area contributed by atoms with E-state index in [9.17, 15) is 5.11 Å². The van der Waals surface area contributed by atoms with Gasteiger partial charge in [-0.15, -0.1) is 0 Å². The van der Waals surface area contributed by atoms with Gasteiger partial charge in [0.05, 0.1) is 5.02 Å². The van der Waals surface area contributed by atoms with Gasteiger partial charge in [-0.2, -0.15) is 0 Å². The van der Waals surface area contributed by atoms with Crippen LogP contribution in [0.25, 0.3) is 11.4 Å². The summed E-state index contributed by atoms with van der Waals surface area (Å²) in [5.41, 5.74) is 2.72. The van der Waals surface area contributed by atoms with Crippen molar-refractivity contribution >= 4 is 17.4 Å². The average molecular weight is 278 g/mol. The molecule has 0 aliphatic rings. The minimum atomic E-state index is 0.0721. The highest BCUT2D eigenvalue weighted by atomic mass is 35.5. The average Bonchev–Trinajstić information content (AvgIpc) is 2.34. The van der Waals surface area contributed by atoms with Crippen LogP contribution in [-0.4, -0.2) is 29.2 Å². The number of aromatic hydroxyl groups is 1. The first kappa shape index (κ1) is 13.6. The molecule has 1 N–H and O–H groups in total. The summed E-state index contributed by atoms with van der Waals surface area (Å²) in [4.78, 5) is 10.8. The number of hydrogen-bond acceptors (Lipinski definition) is 4. The van der Waals surface area contributed by atoms with E-state index in [1.165, 1.54) is 0 Å². The Morgan fingerprint density at radius 3 is 2.47 bits per heavy atom. The fourth-order valence-electron chi connectivity index (χ4n) is 1.92. The second kappa shape index (κ2) is 5.05. The van der Waals surface area contributed by atoms with E-state index in [1.807, 2.05) is 32.8 Å². The van der Waals surface area contributed by atoms with Gasteiger partial charge in [-0.05, 0) is 31.5 Å². The summed E-state index contributed by atoms with van der Waals surface area (Å²) in [6, 6.07) is 3.31. The molecule has 0 bridgehead atoms. The van der Waals surface area contributed by atoms with Crippen LogP contribution in [0.15, 0.2) is 18.3 Å². The number of halogens is 1. The number of phenols is 1. The molecule has 0 aliphatic carbocycles. The number of hydrogen-bond donors (Lipinski definition) is 1. The largest absolute Gasteiger partial charge is 0.506 e. The Balaban J connectivity index is 2.59. The molecule has 0 atom stereocenters. The maximum absolute atomic E-state index is 9.58. The molecule has 19 heavy (non-hydrogen) atoms. The summed E-state index contributed by atoms with van der Waals surface area (Å²) in [6.45, 7) is 3.86. The number of phenolic OH excluding ortho intramolecular Hbond substituents is 1. The highest BCUT2D eigenvalue weighted by molar-refractivity contribution is 6.32. The Morgan fingerprint density at radius 1 is 1.16 bits per heavy atom. The first-order valence-corrected chi connectivity index (χ1v) is 6.28. The third-order valence-corrected chi connectivity index (χ3v) is 3.21. The Labute approximate surface area is 117 Å². The summed E-state index contributed by atoms with van der Waals surface area (Å²) in [6.07, 6.45) is 1.79. The first-order valence-electron chi connectivity index (χ1n) is 5.90. The zero-order valence-electron chi connectivity index (χ0n) is 11.4. The van der Waals surface area contributed by atoms with E-state index in [2.05, 4.69) is 9.97 Å². The lowest BCUT2D eigenvalue weighted by Gasteiger charge is -2.15. The van der Waals surface area contributed by atoms with Gasteiger partial charge >= 0.3 is 0 Å². The van der Waals surface area contributed by atoms with E-state index >= 15 is 0 Å². The third kappa shape index (κ3) is 2.63. The molecule has 0 unspecified atom stereocenters. The lowest BCUT2D eigenvalue weighted by Crippen LogP contribution is -2.13. The van der Waals surface area contributed by atoms with Crippen LogP contribution in [0, 0.1) is 13.8 Å². The van der Waals surface area contributed by atoms with E-state index < -0.39 is 0 Å². The molecule has 0 radical (unpaired) electrons. The molecular formula is C14H16ClN3O. The van der Waals surface area contributed by atoms with Crippen molar-refractivity contribution in [1.82, 2.24) is 9.97 Å². The van der Waals surface area contributed by atoms with Crippen molar-refractivity contribution in [3.05, 3.63) is 34.5 Å². The van der Waals surface area contributed by atoms with Crippen molar-refractivity contribution in [3.63, 3.8) is 0 Å². The molecule has 2 aromatic rings. The van der Waals surface area contributed by atoms with Crippen LogP contribution in [0.4, 0.5) is 5.82 Å². The Hall–Kier alpha value is -1.81. The van der Waals surface area contributed by atoms with Crippen molar-refractivity contribution in [2.75, 3.05) is 19.0 Å². The molecule has 0 saturated heterocycles.